The van der Waals surface area contributed by atoms with Gasteiger partial charge in [-0.25, -0.2) is 9.07 Å². The molecule has 4 rings (SSSR count). The molecule has 1 atom stereocenters. The molecule has 1 heterocycles. The summed E-state index contributed by atoms with van der Waals surface area (Å²) in [5.41, 5.74) is 0.257. The van der Waals surface area contributed by atoms with E-state index < -0.39 is 28.6 Å². The van der Waals surface area contributed by atoms with Gasteiger partial charge in [0.1, 0.15) is 17.5 Å². The van der Waals surface area contributed by atoms with Crippen LogP contribution in [0.3, 0.4) is 0 Å². The Morgan fingerprint density at radius 3 is 2.42 bits per heavy atom. The van der Waals surface area contributed by atoms with E-state index in [1.54, 1.807) is 0 Å². The van der Waals surface area contributed by atoms with Gasteiger partial charge in [0.05, 0.1) is 22.3 Å². The lowest BCUT2D eigenvalue weighted by atomic mass is 10.0. The Bertz CT molecular complexity index is 1250. The number of nitro groups is 1. The number of nitrogens with zero attached hydrogens (tertiary/aromatic N) is 3. The number of alkyl halides is 3. The van der Waals surface area contributed by atoms with Crippen molar-refractivity contribution in [1.29, 1.82) is 0 Å². The molecule has 0 aliphatic rings. The third-order valence-corrected chi connectivity index (χ3v) is 4.72. The summed E-state index contributed by atoms with van der Waals surface area (Å²) in [6.45, 7) is 0. The zero-order chi connectivity index (χ0) is 22.2. The van der Waals surface area contributed by atoms with E-state index in [0.29, 0.717) is 16.6 Å². The first-order chi connectivity index (χ1) is 14.7. The average Bonchev–Trinajstić information content (AvgIpc) is 3.15. The summed E-state index contributed by atoms with van der Waals surface area (Å²) in [5, 5.41) is 18.0. The number of anilines is 1. The van der Waals surface area contributed by atoms with Crippen molar-refractivity contribution in [3.63, 3.8) is 0 Å². The van der Waals surface area contributed by atoms with Gasteiger partial charge in [0.25, 0.3) is 5.69 Å². The van der Waals surface area contributed by atoms with Crippen LogP contribution < -0.4 is 5.32 Å². The predicted molar refractivity (Wildman–Crippen MR) is 107 cm³/mol. The molecule has 6 nitrogen and oxygen atoms in total. The van der Waals surface area contributed by atoms with Crippen LogP contribution in [0.5, 0.6) is 0 Å². The fourth-order valence-electron chi connectivity index (χ4n) is 3.28. The van der Waals surface area contributed by atoms with Crippen LogP contribution in [0.4, 0.5) is 28.9 Å². The number of aromatic nitrogens is 2. The molecule has 0 bridgehead atoms. The molecule has 10 heteroatoms. The molecule has 0 spiro atoms. The Balaban J connectivity index is 1.74. The van der Waals surface area contributed by atoms with E-state index in [4.69, 9.17) is 0 Å². The maximum Gasteiger partial charge on any atom is 0.412 e. The number of benzene rings is 3. The molecule has 3 aromatic carbocycles. The average molecular weight is 430 g/mol. The fourth-order valence-corrected chi connectivity index (χ4v) is 3.28. The molecular weight excluding hydrogens is 416 g/mol. The molecule has 0 amide bonds. The molecule has 0 aliphatic heterocycles. The molecule has 1 unspecified atom stereocenters. The Labute approximate surface area is 172 Å². The maximum atomic E-state index is 13.8. The number of nitro benzene ring substituents is 1. The predicted octanol–water partition coefficient (Wildman–Crippen LogP) is 5.79. The van der Waals surface area contributed by atoms with Crippen LogP contribution in [0.2, 0.25) is 0 Å². The Hall–Kier alpha value is -3.95. The minimum atomic E-state index is -4.72. The zero-order valence-electron chi connectivity index (χ0n) is 15.7. The molecule has 1 N–H and O–H groups in total. The van der Waals surface area contributed by atoms with Gasteiger partial charge in [0.15, 0.2) is 0 Å². The summed E-state index contributed by atoms with van der Waals surface area (Å²) in [4.78, 5) is 10.4. The van der Waals surface area contributed by atoms with Crippen LogP contribution in [0.15, 0.2) is 72.9 Å². The fraction of sp³-hybridized carbons (Fsp3) is 0.0952. The number of halogens is 4. The first-order valence-electron chi connectivity index (χ1n) is 9.04. The van der Waals surface area contributed by atoms with Gasteiger partial charge in [-0.15, -0.1) is 0 Å². The van der Waals surface area contributed by atoms with Crippen molar-refractivity contribution in [1.82, 2.24) is 9.78 Å². The highest BCUT2D eigenvalue weighted by atomic mass is 19.4. The number of fused-ring (bicyclic) bond motifs is 1. The monoisotopic (exact) mass is 430 g/mol. The standard InChI is InChI=1S/C21H14F4N4O2/c22-15-6-8-16(9-7-15)28-18-10-5-13(11-14(18)12-26-28)20(21(23,24)25)27-17-3-1-2-4-19(17)29(30)31/h1-12,20,27H. The first kappa shape index (κ1) is 20.3. The second-order valence-electron chi connectivity index (χ2n) is 6.74. The van der Waals surface area contributed by atoms with Gasteiger partial charge in [-0.2, -0.15) is 18.3 Å². The number of hydrogen-bond donors (Lipinski definition) is 1. The van der Waals surface area contributed by atoms with Crippen molar-refractivity contribution in [2.24, 2.45) is 0 Å². The Morgan fingerprint density at radius 1 is 1.03 bits per heavy atom. The zero-order valence-corrected chi connectivity index (χ0v) is 15.7. The van der Waals surface area contributed by atoms with Gasteiger partial charge < -0.3 is 5.32 Å². The van der Waals surface area contributed by atoms with Crippen LogP contribution in [0.25, 0.3) is 16.6 Å². The van der Waals surface area contributed by atoms with E-state index in [2.05, 4.69) is 10.4 Å². The van der Waals surface area contributed by atoms with E-state index in [0.717, 1.165) is 6.07 Å². The van der Waals surface area contributed by atoms with Crippen molar-refractivity contribution in [2.45, 2.75) is 12.2 Å². The lowest BCUT2D eigenvalue weighted by molar-refractivity contribution is -0.384. The largest absolute Gasteiger partial charge is 0.412 e. The summed E-state index contributed by atoms with van der Waals surface area (Å²) < 4.78 is 56.2. The van der Waals surface area contributed by atoms with Crippen LogP contribution in [0.1, 0.15) is 11.6 Å². The molecule has 0 saturated heterocycles. The van der Waals surface area contributed by atoms with Crippen LogP contribution in [-0.2, 0) is 0 Å². The summed E-state index contributed by atoms with van der Waals surface area (Å²) in [6, 6.07) is 12.6. The molecule has 0 saturated carbocycles. The van der Waals surface area contributed by atoms with Crippen LogP contribution in [0, 0.1) is 15.9 Å². The third-order valence-electron chi connectivity index (χ3n) is 4.72. The van der Waals surface area contributed by atoms with E-state index in [9.17, 15) is 27.7 Å². The summed E-state index contributed by atoms with van der Waals surface area (Å²) in [7, 11) is 0. The van der Waals surface area contributed by atoms with E-state index in [1.807, 2.05) is 0 Å². The highest BCUT2D eigenvalue weighted by Crippen LogP contribution is 2.38. The molecule has 1 aromatic heterocycles. The summed E-state index contributed by atoms with van der Waals surface area (Å²) in [5.74, 6) is -0.420. The molecule has 0 fully saturated rings. The van der Waals surface area contributed by atoms with Crippen molar-refractivity contribution >= 4 is 22.3 Å². The number of rotatable bonds is 5. The summed E-state index contributed by atoms with van der Waals surface area (Å²) >= 11 is 0. The van der Waals surface area contributed by atoms with Crippen molar-refractivity contribution in [2.75, 3.05) is 5.32 Å². The first-order valence-corrected chi connectivity index (χ1v) is 9.04. The topological polar surface area (TPSA) is 73.0 Å². The molecule has 31 heavy (non-hydrogen) atoms. The second kappa shape index (κ2) is 7.71. The van der Waals surface area contributed by atoms with Crippen molar-refractivity contribution in [3.8, 4) is 5.69 Å². The van der Waals surface area contributed by atoms with Crippen LogP contribution >= 0.6 is 0 Å². The Kier molecular flexibility index (Phi) is 5.05. The van der Waals surface area contributed by atoms with E-state index >= 15 is 0 Å². The normalized spacial score (nSPS) is 12.6. The quantitative estimate of drug-likeness (QED) is 0.247. The van der Waals surface area contributed by atoms with Gasteiger partial charge >= 0.3 is 6.18 Å². The summed E-state index contributed by atoms with van der Waals surface area (Å²) in [6.07, 6.45) is -3.31. The van der Waals surface area contributed by atoms with Crippen molar-refractivity contribution < 1.29 is 22.5 Å². The number of nitrogens with one attached hydrogen (secondary N) is 1. The van der Waals surface area contributed by atoms with Crippen LogP contribution in [-0.4, -0.2) is 20.9 Å². The van der Waals surface area contributed by atoms with Gasteiger partial charge in [0, 0.05) is 11.5 Å². The maximum absolute atomic E-state index is 13.8. The van der Waals surface area contributed by atoms with Gasteiger partial charge in [-0.05, 0) is 48.0 Å². The molecular formula is C21H14F4N4O2. The van der Waals surface area contributed by atoms with E-state index in [1.165, 1.54) is 71.5 Å². The highest BCUT2D eigenvalue weighted by molar-refractivity contribution is 5.81. The lowest BCUT2D eigenvalue weighted by Crippen LogP contribution is -2.28. The van der Waals surface area contributed by atoms with Gasteiger partial charge in [0.2, 0.25) is 0 Å². The highest BCUT2D eigenvalue weighted by Gasteiger charge is 2.42. The van der Waals surface area contributed by atoms with Gasteiger partial charge in [-0.1, -0.05) is 18.2 Å². The minimum Gasteiger partial charge on any atom is -0.365 e. The second-order valence-corrected chi connectivity index (χ2v) is 6.74. The minimum absolute atomic E-state index is 0.128. The molecule has 0 aliphatic carbocycles. The van der Waals surface area contributed by atoms with E-state index in [-0.39, 0.29) is 11.3 Å². The molecule has 4 aromatic rings. The molecule has 158 valence electrons. The number of hydrogen-bond acceptors (Lipinski definition) is 4. The Morgan fingerprint density at radius 2 is 1.74 bits per heavy atom. The van der Waals surface area contributed by atoms with Crippen molar-refractivity contribution in [3.05, 3.63) is 94.4 Å². The lowest BCUT2D eigenvalue weighted by Gasteiger charge is -2.23. The smallest absolute Gasteiger partial charge is 0.365 e. The number of para-hydroxylation sites is 2. The molecule has 0 radical (unpaired) electrons. The van der Waals surface area contributed by atoms with Gasteiger partial charge in [-0.3, -0.25) is 10.1 Å². The third kappa shape index (κ3) is 4.04. The SMILES string of the molecule is O=[N+]([O-])c1ccccc1NC(c1ccc2c(cnn2-c2ccc(F)cc2)c1)C(F)(F)F.